The van der Waals surface area contributed by atoms with Crippen LogP contribution in [0.4, 0.5) is 5.69 Å². The van der Waals surface area contributed by atoms with Gasteiger partial charge >= 0.3 is 5.97 Å². The fourth-order valence-corrected chi connectivity index (χ4v) is 2.34. The number of hydrogen-bond acceptors (Lipinski definition) is 4. The van der Waals surface area contributed by atoms with Gasteiger partial charge in [0, 0.05) is 5.56 Å². The Labute approximate surface area is 151 Å². The lowest BCUT2D eigenvalue weighted by molar-refractivity contribution is 0.0526. The third-order valence-electron chi connectivity index (χ3n) is 3.22. The van der Waals surface area contributed by atoms with Gasteiger partial charge in [-0.15, -0.1) is 0 Å². The van der Waals surface area contributed by atoms with Crippen LogP contribution in [0.15, 0.2) is 42.5 Å². The van der Waals surface area contributed by atoms with Crippen LogP contribution in [0.2, 0.25) is 5.02 Å². The fraction of sp³-hybridized carbons (Fsp3) is 0.263. The zero-order chi connectivity index (χ0) is 18.4. The average molecular weight is 362 g/mol. The summed E-state index contributed by atoms with van der Waals surface area (Å²) in [6.07, 6.45) is 0.0661. The van der Waals surface area contributed by atoms with Crippen molar-refractivity contribution < 1.29 is 19.1 Å². The molecule has 0 aliphatic heterocycles. The lowest BCUT2D eigenvalue weighted by Crippen LogP contribution is -2.13. The number of amides is 1. The molecule has 0 aliphatic carbocycles. The normalized spacial score (nSPS) is 10.4. The largest absolute Gasteiger partial charge is 0.491 e. The molecule has 0 spiro atoms. The van der Waals surface area contributed by atoms with Gasteiger partial charge in [0.05, 0.1) is 29.0 Å². The van der Waals surface area contributed by atoms with Gasteiger partial charge in [0.1, 0.15) is 5.75 Å². The molecule has 0 fully saturated rings. The van der Waals surface area contributed by atoms with Gasteiger partial charge < -0.3 is 14.8 Å². The number of anilines is 1. The van der Waals surface area contributed by atoms with Crippen LogP contribution < -0.4 is 10.1 Å². The minimum atomic E-state index is -0.456. The Hall–Kier alpha value is -2.53. The Bertz CT molecular complexity index is 757. The molecule has 2 aromatic carbocycles. The van der Waals surface area contributed by atoms with Crippen molar-refractivity contribution in [1.82, 2.24) is 0 Å². The molecule has 0 heterocycles. The molecule has 0 saturated heterocycles. The van der Waals surface area contributed by atoms with E-state index in [1.54, 1.807) is 43.3 Å². The molecular formula is C19H20ClNO4. The number of rotatable bonds is 6. The second kappa shape index (κ2) is 8.53. The van der Waals surface area contributed by atoms with E-state index in [0.29, 0.717) is 22.6 Å². The van der Waals surface area contributed by atoms with E-state index in [-0.39, 0.29) is 23.6 Å². The van der Waals surface area contributed by atoms with E-state index in [0.717, 1.165) is 0 Å². The van der Waals surface area contributed by atoms with Crippen molar-refractivity contribution in [2.24, 2.45) is 0 Å². The Morgan fingerprint density at radius 1 is 1.08 bits per heavy atom. The summed E-state index contributed by atoms with van der Waals surface area (Å²) in [5, 5.41) is 2.98. The predicted molar refractivity (Wildman–Crippen MR) is 97.6 cm³/mol. The van der Waals surface area contributed by atoms with E-state index in [9.17, 15) is 9.59 Å². The van der Waals surface area contributed by atoms with E-state index < -0.39 is 5.97 Å². The topological polar surface area (TPSA) is 64.6 Å². The zero-order valence-corrected chi connectivity index (χ0v) is 15.1. The molecule has 0 saturated carbocycles. The third kappa shape index (κ3) is 5.22. The van der Waals surface area contributed by atoms with E-state index >= 15 is 0 Å². The fourth-order valence-electron chi connectivity index (χ4n) is 2.11. The van der Waals surface area contributed by atoms with Crippen molar-refractivity contribution in [3.63, 3.8) is 0 Å². The Kier molecular flexibility index (Phi) is 6.42. The SMILES string of the molecule is CCOC(=O)c1ccc(NC(=O)c2ccc(OC(C)C)cc2)c(Cl)c1. The number of carbonyl (C=O) groups excluding carboxylic acids is 2. The zero-order valence-electron chi connectivity index (χ0n) is 14.3. The molecule has 6 heteroatoms. The molecule has 0 aliphatic rings. The number of halogens is 1. The third-order valence-corrected chi connectivity index (χ3v) is 3.53. The molecule has 0 aromatic heterocycles. The molecule has 25 heavy (non-hydrogen) atoms. The van der Waals surface area contributed by atoms with E-state index in [1.807, 2.05) is 13.8 Å². The monoisotopic (exact) mass is 361 g/mol. The number of benzene rings is 2. The summed E-state index contributed by atoms with van der Waals surface area (Å²) in [6.45, 7) is 5.88. The van der Waals surface area contributed by atoms with Gasteiger partial charge in [0.25, 0.3) is 5.91 Å². The number of nitrogens with one attached hydrogen (secondary N) is 1. The summed E-state index contributed by atoms with van der Waals surface area (Å²) >= 11 is 6.15. The standard InChI is InChI=1S/C19H20ClNO4/c1-4-24-19(23)14-7-10-17(16(20)11-14)21-18(22)13-5-8-15(9-6-13)25-12(2)3/h5-12H,4H2,1-3H3,(H,21,22). The highest BCUT2D eigenvalue weighted by Crippen LogP contribution is 2.24. The van der Waals surface area contributed by atoms with Gasteiger partial charge in [-0.05, 0) is 63.2 Å². The van der Waals surface area contributed by atoms with Crippen LogP contribution in [0.25, 0.3) is 0 Å². The highest BCUT2D eigenvalue weighted by Gasteiger charge is 2.12. The summed E-state index contributed by atoms with van der Waals surface area (Å²) < 4.78 is 10.5. The molecular weight excluding hydrogens is 342 g/mol. The lowest BCUT2D eigenvalue weighted by Gasteiger charge is -2.11. The Morgan fingerprint density at radius 3 is 2.28 bits per heavy atom. The minimum Gasteiger partial charge on any atom is -0.491 e. The van der Waals surface area contributed by atoms with Crippen LogP contribution >= 0.6 is 11.6 Å². The van der Waals surface area contributed by atoms with Crippen molar-refractivity contribution in [2.75, 3.05) is 11.9 Å². The van der Waals surface area contributed by atoms with Gasteiger partial charge in [-0.1, -0.05) is 11.6 Å². The van der Waals surface area contributed by atoms with E-state index in [4.69, 9.17) is 21.1 Å². The van der Waals surface area contributed by atoms with Gasteiger partial charge in [-0.2, -0.15) is 0 Å². The summed E-state index contributed by atoms with van der Waals surface area (Å²) in [5.74, 6) is -0.0618. The maximum atomic E-state index is 12.3. The molecule has 0 unspecified atom stereocenters. The van der Waals surface area contributed by atoms with E-state index in [2.05, 4.69) is 5.32 Å². The maximum Gasteiger partial charge on any atom is 0.338 e. The molecule has 0 bridgehead atoms. The van der Waals surface area contributed by atoms with Gasteiger partial charge in [0.15, 0.2) is 0 Å². The van der Waals surface area contributed by atoms with Crippen molar-refractivity contribution in [3.8, 4) is 5.75 Å². The smallest absolute Gasteiger partial charge is 0.338 e. The van der Waals surface area contributed by atoms with Crippen LogP contribution in [0.3, 0.4) is 0 Å². The lowest BCUT2D eigenvalue weighted by atomic mass is 10.1. The first-order valence-electron chi connectivity index (χ1n) is 7.95. The Balaban J connectivity index is 2.08. The number of ether oxygens (including phenoxy) is 2. The molecule has 2 rings (SSSR count). The second-order valence-corrected chi connectivity index (χ2v) is 5.97. The summed E-state index contributed by atoms with van der Waals surface area (Å²) in [4.78, 5) is 24.0. The molecule has 0 atom stereocenters. The summed E-state index contributed by atoms with van der Waals surface area (Å²) in [6, 6.07) is 11.4. The molecule has 132 valence electrons. The van der Waals surface area contributed by atoms with Crippen LogP contribution in [-0.2, 0) is 4.74 Å². The quantitative estimate of drug-likeness (QED) is 0.766. The van der Waals surface area contributed by atoms with Crippen LogP contribution in [0, 0.1) is 0 Å². The highest BCUT2D eigenvalue weighted by atomic mass is 35.5. The van der Waals surface area contributed by atoms with E-state index in [1.165, 1.54) is 6.07 Å². The number of carbonyl (C=O) groups is 2. The first-order valence-corrected chi connectivity index (χ1v) is 8.33. The van der Waals surface area contributed by atoms with Crippen molar-refractivity contribution in [1.29, 1.82) is 0 Å². The highest BCUT2D eigenvalue weighted by molar-refractivity contribution is 6.34. The molecule has 2 aromatic rings. The second-order valence-electron chi connectivity index (χ2n) is 5.56. The van der Waals surface area contributed by atoms with Crippen LogP contribution in [-0.4, -0.2) is 24.6 Å². The first-order chi connectivity index (χ1) is 11.9. The Morgan fingerprint density at radius 2 is 1.72 bits per heavy atom. The molecule has 1 N–H and O–H groups in total. The minimum absolute atomic E-state index is 0.0661. The molecule has 1 amide bonds. The predicted octanol–water partition coefficient (Wildman–Crippen LogP) is 4.56. The van der Waals surface area contributed by atoms with Crippen molar-refractivity contribution >= 4 is 29.2 Å². The first kappa shape index (κ1) is 18.8. The van der Waals surface area contributed by atoms with Crippen molar-refractivity contribution in [2.45, 2.75) is 26.9 Å². The van der Waals surface area contributed by atoms with Gasteiger partial charge in [-0.25, -0.2) is 4.79 Å². The summed E-state index contributed by atoms with van der Waals surface area (Å²) in [7, 11) is 0. The van der Waals surface area contributed by atoms with Crippen LogP contribution in [0.1, 0.15) is 41.5 Å². The molecule has 0 radical (unpaired) electrons. The van der Waals surface area contributed by atoms with Gasteiger partial charge in [-0.3, -0.25) is 4.79 Å². The number of hydrogen-bond donors (Lipinski definition) is 1. The van der Waals surface area contributed by atoms with Crippen molar-refractivity contribution in [3.05, 3.63) is 58.6 Å². The maximum absolute atomic E-state index is 12.3. The van der Waals surface area contributed by atoms with Crippen LogP contribution in [0.5, 0.6) is 5.75 Å². The molecule has 5 nitrogen and oxygen atoms in total. The average Bonchev–Trinajstić information content (AvgIpc) is 2.57. The van der Waals surface area contributed by atoms with Gasteiger partial charge in [0.2, 0.25) is 0 Å². The number of esters is 1. The summed E-state index contributed by atoms with van der Waals surface area (Å²) in [5.41, 5.74) is 1.23.